The highest BCUT2D eigenvalue weighted by Crippen LogP contribution is 2.23. The summed E-state index contributed by atoms with van der Waals surface area (Å²) in [7, 11) is 0. The fourth-order valence-corrected chi connectivity index (χ4v) is 4.22. The summed E-state index contributed by atoms with van der Waals surface area (Å²) >= 11 is 0. The fourth-order valence-electron chi connectivity index (χ4n) is 4.22. The van der Waals surface area contributed by atoms with Crippen molar-refractivity contribution in [2.75, 3.05) is 11.9 Å². The minimum absolute atomic E-state index is 0.198. The van der Waals surface area contributed by atoms with Crippen LogP contribution in [0.2, 0.25) is 0 Å². The SMILES string of the molecule is O=C(NCc1cc2cnccn2n1)[C@@H]1CCc2ncc(NCCCc3ccccc3)c(=O)n21. The number of hydrogen-bond donors (Lipinski definition) is 2. The van der Waals surface area contributed by atoms with Crippen LogP contribution in [0.1, 0.15) is 36.0 Å². The molecule has 3 aromatic heterocycles. The van der Waals surface area contributed by atoms with Crippen LogP contribution in [0.15, 0.2) is 66.0 Å². The first-order valence-electron chi connectivity index (χ1n) is 11.1. The third-order valence-corrected chi connectivity index (χ3v) is 5.89. The van der Waals surface area contributed by atoms with Gasteiger partial charge in [-0.25, -0.2) is 9.50 Å². The molecule has 9 heteroatoms. The molecule has 0 saturated heterocycles. The van der Waals surface area contributed by atoms with Crippen LogP contribution in [0, 0.1) is 0 Å². The predicted octanol–water partition coefficient (Wildman–Crippen LogP) is 2.13. The van der Waals surface area contributed by atoms with E-state index in [4.69, 9.17) is 0 Å². The van der Waals surface area contributed by atoms with E-state index < -0.39 is 6.04 Å². The smallest absolute Gasteiger partial charge is 0.277 e. The Hall–Kier alpha value is -4.01. The third kappa shape index (κ3) is 4.48. The summed E-state index contributed by atoms with van der Waals surface area (Å²) in [6, 6.07) is 11.6. The highest BCUT2D eigenvalue weighted by Gasteiger charge is 2.31. The summed E-state index contributed by atoms with van der Waals surface area (Å²) in [6.07, 6.45) is 9.69. The van der Waals surface area contributed by atoms with Crippen molar-refractivity contribution in [3.05, 3.63) is 88.6 Å². The standard InChI is InChI=1S/C24H25N7O2/c32-23(28-14-18-13-19-15-25-11-12-30(19)29-18)21-8-9-22-27-16-20(24(33)31(21)22)26-10-4-7-17-5-2-1-3-6-17/h1-3,5-6,11-13,15-16,21,26H,4,7-10,14H2,(H,28,32)/t21-/m0/s1. The average molecular weight is 444 g/mol. The van der Waals surface area contributed by atoms with Gasteiger partial charge in [-0.3, -0.25) is 19.1 Å². The lowest BCUT2D eigenvalue weighted by Crippen LogP contribution is -2.36. The van der Waals surface area contributed by atoms with E-state index in [2.05, 4.69) is 37.8 Å². The molecule has 33 heavy (non-hydrogen) atoms. The van der Waals surface area contributed by atoms with Crippen molar-refractivity contribution < 1.29 is 4.79 Å². The molecule has 2 N–H and O–H groups in total. The second kappa shape index (κ2) is 9.23. The Labute approximate surface area is 190 Å². The van der Waals surface area contributed by atoms with E-state index in [1.54, 1.807) is 29.3 Å². The molecule has 1 aliphatic heterocycles. The van der Waals surface area contributed by atoms with Crippen molar-refractivity contribution in [3.63, 3.8) is 0 Å². The number of hydrogen-bond acceptors (Lipinski definition) is 6. The summed E-state index contributed by atoms with van der Waals surface area (Å²) < 4.78 is 3.24. The Kier molecular flexibility index (Phi) is 5.84. The largest absolute Gasteiger partial charge is 0.379 e. The van der Waals surface area contributed by atoms with Gasteiger partial charge in [0, 0.05) is 25.4 Å². The Morgan fingerprint density at radius 3 is 2.91 bits per heavy atom. The van der Waals surface area contributed by atoms with E-state index >= 15 is 0 Å². The van der Waals surface area contributed by atoms with Gasteiger partial charge in [-0.2, -0.15) is 5.10 Å². The number of amides is 1. The molecule has 1 aromatic carbocycles. The number of anilines is 1. The molecule has 1 atom stereocenters. The molecule has 1 amide bonds. The molecular weight excluding hydrogens is 418 g/mol. The second-order valence-electron chi connectivity index (χ2n) is 8.13. The van der Waals surface area contributed by atoms with E-state index in [0.717, 1.165) is 24.1 Å². The average Bonchev–Trinajstić information content (AvgIpc) is 3.46. The molecule has 9 nitrogen and oxygen atoms in total. The Morgan fingerprint density at radius 2 is 2.06 bits per heavy atom. The molecule has 0 radical (unpaired) electrons. The van der Waals surface area contributed by atoms with Crippen LogP contribution in [0.25, 0.3) is 5.52 Å². The number of rotatable bonds is 8. The number of nitrogens with one attached hydrogen (secondary N) is 2. The van der Waals surface area contributed by atoms with Crippen molar-refractivity contribution in [3.8, 4) is 0 Å². The zero-order chi connectivity index (χ0) is 22.6. The van der Waals surface area contributed by atoms with E-state index in [1.807, 2.05) is 24.3 Å². The monoisotopic (exact) mass is 443 g/mol. The van der Waals surface area contributed by atoms with Gasteiger partial charge in [0.1, 0.15) is 17.6 Å². The Morgan fingerprint density at radius 1 is 1.18 bits per heavy atom. The van der Waals surface area contributed by atoms with Crippen LogP contribution < -0.4 is 16.2 Å². The van der Waals surface area contributed by atoms with Crippen LogP contribution in [-0.4, -0.2) is 36.6 Å². The zero-order valence-electron chi connectivity index (χ0n) is 18.1. The van der Waals surface area contributed by atoms with E-state index in [-0.39, 0.29) is 18.0 Å². The summed E-state index contributed by atoms with van der Waals surface area (Å²) in [5.74, 6) is 0.447. The lowest BCUT2D eigenvalue weighted by Gasteiger charge is -2.15. The molecule has 0 saturated carbocycles. The van der Waals surface area contributed by atoms with Gasteiger partial charge in [0.25, 0.3) is 5.56 Å². The quantitative estimate of drug-likeness (QED) is 0.404. The van der Waals surface area contributed by atoms with Crippen molar-refractivity contribution in [2.24, 2.45) is 0 Å². The summed E-state index contributed by atoms with van der Waals surface area (Å²) in [6.45, 7) is 0.941. The van der Waals surface area contributed by atoms with Gasteiger partial charge in [0.15, 0.2) is 0 Å². The minimum Gasteiger partial charge on any atom is -0.379 e. The first kappa shape index (κ1) is 20.9. The molecule has 0 unspecified atom stereocenters. The van der Waals surface area contributed by atoms with Crippen LogP contribution in [-0.2, 0) is 24.2 Å². The van der Waals surface area contributed by atoms with Crippen molar-refractivity contribution in [1.29, 1.82) is 0 Å². The van der Waals surface area contributed by atoms with Crippen molar-refractivity contribution in [1.82, 2.24) is 29.5 Å². The molecule has 1 aliphatic rings. The lowest BCUT2D eigenvalue weighted by atomic mass is 10.1. The number of aryl methyl sites for hydroxylation is 2. The molecule has 0 fully saturated rings. The number of carbonyl (C=O) groups excluding carboxylic acids is 1. The fraction of sp³-hybridized carbons (Fsp3) is 0.292. The topological polar surface area (TPSA) is 106 Å². The van der Waals surface area contributed by atoms with Crippen LogP contribution in [0.4, 0.5) is 5.69 Å². The number of aromatic nitrogens is 5. The first-order valence-corrected chi connectivity index (χ1v) is 11.1. The summed E-state index contributed by atoms with van der Waals surface area (Å²) in [5, 5.41) is 10.5. The summed E-state index contributed by atoms with van der Waals surface area (Å²) in [5.41, 5.74) is 3.09. The predicted molar refractivity (Wildman–Crippen MR) is 124 cm³/mol. The minimum atomic E-state index is -0.565. The third-order valence-electron chi connectivity index (χ3n) is 5.89. The van der Waals surface area contributed by atoms with Gasteiger partial charge in [0.2, 0.25) is 5.91 Å². The normalized spacial score (nSPS) is 14.8. The van der Waals surface area contributed by atoms with E-state index in [0.29, 0.717) is 30.9 Å². The molecule has 0 spiro atoms. The van der Waals surface area contributed by atoms with Gasteiger partial charge in [-0.1, -0.05) is 30.3 Å². The number of carbonyl (C=O) groups is 1. The highest BCUT2D eigenvalue weighted by atomic mass is 16.2. The Balaban J connectivity index is 1.22. The van der Waals surface area contributed by atoms with Crippen LogP contribution in [0.3, 0.4) is 0 Å². The summed E-state index contributed by atoms with van der Waals surface area (Å²) in [4.78, 5) is 34.5. The van der Waals surface area contributed by atoms with Crippen molar-refractivity contribution >= 4 is 17.1 Å². The highest BCUT2D eigenvalue weighted by molar-refractivity contribution is 5.80. The number of benzene rings is 1. The van der Waals surface area contributed by atoms with Gasteiger partial charge in [-0.05, 0) is 30.9 Å². The molecular formula is C24H25N7O2. The van der Waals surface area contributed by atoms with Crippen LogP contribution >= 0.6 is 0 Å². The zero-order valence-corrected chi connectivity index (χ0v) is 18.1. The van der Waals surface area contributed by atoms with E-state index in [9.17, 15) is 9.59 Å². The van der Waals surface area contributed by atoms with Gasteiger partial charge < -0.3 is 10.6 Å². The van der Waals surface area contributed by atoms with Crippen LogP contribution in [0.5, 0.6) is 0 Å². The van der Waals surface area contributed by atoms with Gasteiger partial charge in [-0.15, -0.1) is 0 Å². The molecule has 168 valence electrons. The second-order valence-corrected chi connectivity index (χ2v) is 8.13. The molecule has 0 aliphatic carbocycles. The molecule has 4 heterocycles. The lowest BCUT2D eigenvalue weighted by molar-refractivity contribution is -0.124. The van der Waals surface area contributed by atoms with Gasteiger partial charge >= 0.3 is 0 Å². The maximum Gasteiger partial charge on any atom is 0.277 e. The maximum absolute atomic E-state index is 13.1. The molecule has 4 aromatic rings. The van der Waals surface area contributed by atoms with E-state index in [1.165, 1.54) is 10.1 Å². The van der Waals surface area contributed by atoms with Gasteiger partial charge in [0.05, 0.1) is 30.1 Å². The number of nitrogens with zero attached hydrogens (tertiary/aromatic N) is 5. The maximum atomic E-state index is 13.1. The molecule has 5 rings (SSSR count). The van der Waals surface area contributed by atoms with Crippen molar-refractivity contribution in [2.45, 2.75) is 38.3 Å². The molecule has 0 bridgehead atoms. The number of fused-ring (bicyclic) bond motifs is 2. The first-order chi connectivity index (χ1) is 16.2. The Bertz CT molecular complexity index is 1300.